The molecule has 0 aliphatic heterocycles. The van der Waals surface area contributed by atoms with Crippen molar-refractivity contribution >= 4 is 23.9 Å². The smallest absolute Gasteiger partial charge is 0.253 e. The minimum atomic E-state index is -1.44. The number of unbranched alkanes of at least 4 members (excludes halogenated alkanes) is 2. The van der Waals surface area contributed by atoms with Gasteiger partial charge in [0.05, 0.1) is 12.1 Å². The Morgan fingerprint density at radius 3 is 2.10 bits per heavy atom. The monoisotopic (exact) mass is 561 g/mol. The van der Waals surface area contributed by atoms with Crippen molar-refractivity contribution in [1.82, 2.24) is 10.2 Å². The topological polar surface area (TPSA) is 119 Å². The fourth-order valence-corrected chi connectivity index (χ4v) is 4.60. The van der Waals surface area contributed by atoms with Crippen LogP contribution in [0.4, 0.5) is 14.5 Å². The number of anilines is 1. The third-order valence-electron chi connectivity index (χ3n) is 6.55. The summed E-state index contributed by atoms with van der Waals surface area (Å²) in [6.07, 6.45) is 1.81. The van der Waals surface area contributed by atoms with Crippen LogP contribution in [0.3, 0.4) is 0 Å². The number of aliphatic hydroxyl groups is 2. The van der Waals surface area contributed by atoms with Crippen LogP contribution in [0.15, 0.2) is 36.4 Å². The normalized spacial score (nSPS) is 13.3. The molecule has 0 radical (unpaired) electrons. The van der Waals surface area contributed by atoms with E-state index in [0.29, 0.717) is 25.9 Å². The number of hydrogen-bond acceptors (Lipinski definition) is 5. The first-order chi connectivity index (χ1) is 19.1. The van der Waals surface area contributed by atoms with Gasteiger partial charge in [-0.05, 0) is 61.6 Å². The second kappa shape index (κ2) is 16.7. The van der Waals surface area contributed by atoms with E-state index in [1.807, 2.05) is 20.8 Å². The molecule has 4 N–H and O–H groups in total. The zero-order valence-corrected chi connectivity index (χ0v) is 23.5. The van der Waals surface area contributed by atoms with E-state index in [9.17, 15) is 33.4 Å². The number of halogens is 2. The van der Waals surface area contributed by atoms with E-state index < -0.39 is 35.8 Å². The Morgan fingerprint density at radius 2 is 1.52 bits per heavy atom. The lowest BCUT2D eigenvalue weighted by molar-refractivity contribution is -0.105. The molecular formula is C30H41F2N3O5. The Morgan fingerprint density at radius 1 is 0.900 bits per heavy atom. The summed E-state index contributed by atoms with van der Waals surface area (Å²) in [4.78, 5) is 39.5. The molecule has 0 aliphatic rings. The number of benzene rings is 2. The molecular weight excluding hydrogens is 520 g/mol. The van der Waals surface area contributed by atoms with Crippen LogP contribution in [0, 0.1) is 11.6 Å². The van der Waals surface area contributed by atoms with Crippen LogP contribution in [-0.2, 0) is 11.2 Å². The number of nitrogens with zero attached hydrogens (tertiary/aromatic N) is 1. The zero-order valence-electron chi connectivity index (χ0n) is 23.5. The number of carbonyl (C=O) groups excluding carboxylic acids is 3. The van der Waals surface area contributed by atoms with Crippen molar-refractivity contribution in [3.05, 3.63) is 64.7 Å². The second-order valence-electron chi connectivity index (χ2n) is 9.97. The van der Waals surface area contributed by atoms with E-state index in [4.69, 9.17) is 0 Å². The largest absolute Gasteiger partial charge is 0.390 e. The standard InChI is InChI=1S/C30H41F2N3O5/c1-4-7-8-9-27(37)28(38)26(14-20-12-23(31)18-24(32)13-20)34-29(39)21-15-22(17-25(16-21)33-19-36)30(40)35(10-5-2)11-6-3/h12-13,15-19,26-28,37-38H,4-11,14H2,1-3H3,(H,33,36)(H,34,39)/t26-,27-,28+/m0/s1. The average molecular weight is 562 g/mol. The van der Waals surface area contributed by atoms with Gasteiger partial charge in [0.15, 0.2) is 0 Å². The van der Waals surface area contributed by atoms with Crippen LogP contribution in [0.5, 0.6) is 0 Å². The third kappa shape index (κ3) is 9.98. The number of carbonyl (C=O) groups is 3. The maximum absolute atomic E-state index is 13.9. The number of rotatable bonds is 17. The SMILES string of the molecule is CCCCC[C@H](O)[C@H](O)[C@H](Cc1cc(F)cc(F)c1)NC(=O)c1cc(NC=O)cc(C(=O)N(CCC)CCC)c1. The van der Waals surface area contributed by atoms with Gasteiger partial charge in [-0.2, -0.15) is 0 Å². The second-order valence-corrected chi connectivity index (χ2v) is 9.97. The van der Waals surface area contributed by atoms with Crippen LogP contribution in [0.1, 0.15) is 85.6 Å². The van der Waals surface area contributed by atoms with Crippen LogP contribution in [0.2, 0.25) is 0 Å². The van der Waals surface area contributed by atoms with Gasteiger partial charge in [0.1, 0.15) is 17.7 Å². The molecule has 40 heavy (non-hydrogen) atoms. The molecule has 0 bridgehead atoms. The van der Waals surface area contributed by atoms with Gasteiger partial charge in [0, 0.05) is 36.0 Å². The van der Waals surface area contributed by atoms with Crippen LogP contribution in [0.25, 0.3) is 0 Å². The average Bonchev–Trinajstić information content (AvgIpc) is 2.91. The maximum atomic E-state index is 13.9. The summed E-state index contributed by atoms with van der Waals surface area (Å²) in [5, 5.41) is 26.7. The molecule has 0 unspecified atom stereocenters. The molecule has 220 valence electrons. The first-order valence-electron chi connectivity index (χ1n) is 13.9. The van der Waals surface area contributed by atoms with E-state index >= 15 is 0 Å². The summed E-state index contributed by atoms with van der Waals surface area (Å²) < 4.78 is 27.7. The molecule has 0 heterocycles. The minimum Gasteiger partial charge on any atom is -0.390 e. The lowest BCUT2D eigenvalue weighted by Gasteiger charge is -2.28. The molecule has 0 fully saturated rings. The van der Waals surface area contributed by atoms with Gasteiger partial charge >= 0.3 is 0 Å². The van der Waals surface area contributed by atoms with Crippen molar-refractivity contribution < 1.29 is 33.4 Å². The number of aliphatic hydroxyl groups excluding tert-OH is 2. The lowest BCUT2D eigenvalue weighted by Crippen LogP contribution is -2.50. The summed E-state index contributed by atoms with van der Waals surface area (Å²) in [7, 11) is 0. The van der Waals surface area contributed by atoms with Gasteiger partial charge in [-0.3, -0.25) is 14.4 Å². The summed E-state index contributed by atoms with van der Waals surface area (Å²) >= 11 is 0. The van der Waals surface area contributed by atoms with Crippen LogP contribution in [-0.4, -0.2) is 64.7 Å². The van der Waals surface area contributed by atoms with Crippen molar-refractivity contribution in [2.24, 2.45) is 0 Å². The van der Waals surface area contributed by atoms with Gasteiger partial charge in [-0.1, -0.05) is 40.0 Å². The molecule has 0 aliphatic carbocycles. The molecule has 0 aromatic heterocycles. The molecule has 0 spiro atoms. The molecule has 3 atom stereocenters. The fourth-order valence-electron chi connectivity index (χ4n) is 4.60. The molecule has 2 aromatic rings. The van der Waals surface area contributed by atoms with E-state index in [-0.39, 0.29) is 41.1 Å². The highest BCUT2D eigenvalue weighted by atomic mass is 19.1. The fraction of sp³-hybridized carbons (Fsp3) is 0.500. The Hall–Kier alpha value is -3.37. The van der Waals surface area contributed by atoms with Crippen molar-refractivity contribution in [3.8, 4) is 0 Å². The van der Waals surface area contributed by atoms with Crippen LogP contribution >= 0.6 is 0 Å². The Labute approximate surface area is 234 Å². The first kappa shape index (κ1) is 32.8. The van der Waals surface area contributed by atoms with Crippen molar-refractivity contribution in [2.75, 3.05) is 18.4 Å². The van der Waals surface area contributed by atoms with Crippen molar-refractivity contribution in [3.63, 3.8) is 0 Å². The summed E-state index contributed by atoms with van der Waals surface area (Å²) in [5.74, 6) is -2.61. The van der Waals surface area contributed by atoms with Crippen molar-refractivity contribution in [1.29, 1.82) is 0 Å². The number of amides is 3. The Kier molecular flexibility index (Phi) is 13.7. The number of hydrogen-bond donors (Lipinski definition) is 4. The molecule has 10 heteroatoms. The van der Waals surface area contributed by atoms with Gasteiger partial charge in [0.2, 0.25) is 6.41 Å². The predicted molar refractivity (Wildman–Crippen MR) is 150 cm³/mol. The van der Waals surface area contributed by atoms with Gasteiger partial charge in [0.25, 0.3) is 11.8 Å². The highest BCUT2D eigenvalue weighted by Gasteiger charge is 2.29. The van der Waals surface area contributed by atoms with Gasteiger partial charge in [-0.25, -0.2) is 8.78 Å². The Balaban J connectivity index is 2.41. The molecule has 0 saturated carbocycles. The highest BCUT2D eigenvalue weighted by molar-refractivity contribution is 6.01. The lowest BCUT2D eigenvalue weighted by atomic mass is 9.94. The first-order valence-corrected chi connectivity index (χ1v) is 13.9. The zero-order chi connectivity index (χ0) is 29.7. The third-order valence-corrected chi connectivity index (χ3v) is 6.55. The van der Waals surface area contributed by atoms with E-state index in [0.717, 1.165) is 43.9 Å². The molecule has 8 nitrogen and oxygen atoms in total. The van der Waals surface area contributed by atoms with Gasteiger partial charge in [-0.15, -0.1) is 0 Å². The Bertz CT molecular complexity index is 1100. The summed E-state index contributed by atoms with van der Waals surface area (Å²) in [6.45, 7) is 6.94. The number of nitrogens with one attached hydrogen (secondary N) is 2. The van der Waals surface area contributed by atoms with Crippen molar-refractivity contribution in [2.45, 2.75) is 84.0 Å². The highest BCUT2D eigenvalue weighted by Crippen LogP contribution is 2.20. The van der Waals surface area contributed by atoms with E-state index in [2.05, 4.69) is 10.6 Å². The minimum absolute atomic E-state index is 0.0336. The summed E-state index contributed by atoms with van der Waals surface area (Å²) in [5.41, 5.74) is 0.640. The molecule has 2 rings (SSSR count). The predicted octanol–water partition coefficient (Wildman–Crippen LogP) is 4.44. The molecule has 2 aromatic carbocycles. The van der Waals surface area contributed by atoms with Gasteiger partial charge < -0.3 is 25.7 Å². The van der Waals surface area contributed by atoms with E-state index in [1.165, 1.54) is 18.2 Å². The maximum Gasteiger partial charge on any atom is 0.253 e. The molecule has 0 saturated heterocycles. The summed E-state index contributed by atoms with van der Waals surface area (Å²) in [6, 6.07) is 6.06. The van der Waals surface area contributed by atoms with Crippen LogP contribution < -0.4 is 10.6 Å². The van der Waals surface area contributed by atoms with E-state index in [1.54, 1.807) is 4.90 Å². The quantitative estimate of drug-likeness (QED) is 0.168. The molecule has 3 amide bonds.